The topological polar surface area (TPSA) is 105 Å². The van der Waals surface area contributed by atoms with E-state index in [-0.39, 0.29) is 18.7 Å². The number of fused-ring (bicyclic) bond motifs is 1. The lowest BCUT2D eigenvalue weighted by Gasteiger charge is -2.25. The molecule has 1 unspecified atom stereocenters. The molecule has 2 aliphatic rings. The lowest BCUT2D eigenvalue weighted by molar-refractivity contribution is -0.122. The maximum absolute atomic E-state index is 13.0. The van der Waals surface area contributed by atoms with Gasteiger partial charge >= 0.3 is 0 Å². The summed E-state index contributed by atoms with van der Waals surface area (Å²) in [5, 5.41) is 3.10. The number of H-pyrrole nitrogens is 1. The molecule has 1 amide bonds. The smallest absolute Gasteiger partial charge is 0.242 e. The molecule has 1 saturated heterocycles. The van der Waals surface area contributed by atoms with Crippen LogP contribution < -0.4 is 19.7 Å². The van der Waals surface area contributed by atoms with Crippen LogP contribution in [-0.2, 0) is 17.6 Å². The number of aromatic amines is 1. The zero-order valence-electron chi connectivity index (χ0n) is 18.0. The monoisotopic (exact) mass is 434 g/mol. The highest BCUT2D eigenvalue weighted by Gasteiger charge is 2.32. The van der Waals surface area contributed by atoms with E-state index in [4.69, 9.17) is 14.5 Å². The first-order chi connectivity index (χ1) is 15.7. The predicted molar refractivity (Wildman–Crippen MR) is 119 cm³/mol. The van der Waals surface area contributed by atoms with Crippen LogP contribution in [0.5, 0.6) is 11.5 Å². The zero-order chi connectivity index (χ0) is 21.9. The quantitative estimate of drug-likeness (QED) is 0.589. The van der Waals surface area contributed by atoms with Gasteiger partial charge in [0.25, 0.3) is 0 Å². The van der Waals surface area contributed by atoms with Gasteiger partial charge in [-0.3, -0.25) is 4.79 Å². The van der Waals surface area contributed by atoms with E-state index in [1.807, 2.05) is 24.3 Å². The minimum absolute atomic E-state index is 0.0273. The van der Waals surface area contributed by atoms with Gasteiger partial charge in [-0.2, -0.15) is 0 Å². The highest BCUT2D eigenvalue weighted by atomic mass is 16.7. The third kappa shape index (κ3) is 4.10. The highest BCUT2D eigenvalue weighted by molar-refractivity contribution is 5.85. The maximum atomic E-state index is 13.0. The number of rotatable bonds is 7. The lowest BCUT2D eigenvalue weighted by atomic mass is 10.1. The number of hydrogen-bond acceptors (Lipinski definition) is 7. The summed E-state index contributed by atoms with van der Waals surface area (Å²) < 4.78 is 10.8. The molecule has 1 atom stereocenters. The Bertz CT molecular complexity index is 1100. The number of aromatic nitrogens is 4. The molecule has 4 heterocycles. The average molecular weight is 435 g/mol. The Balaban J connectivity index is 1.26. The van der Waals surface area contributed by atoms with Crippen molar-refractivity contribution in [2.75, 3.05) is 24.8 Å². The number of imidazole rings is 1. The van der Waals surface area contributed by atoms with Crippen LogP contribution in [0.3, 0.4) is 0 Å². The molecule has 0 radical (unpaired) electrons. The molecule has 0 saturated carbocycles. The van der Waals surface area contributed by atoms with Crippen molar-refractivity contribution in [2.45, 2.75) is 38.6 Å². The number of ether oxygens (including phenoxy) is 2. The molecule has 3 aromatic rings. The molecule has 1 aromatic carbocycles. The Labute approximate surface area is 186 Å². The van der Waals surface area contributed by atoms with E-state index < -0.39 is 0 Å². The molecule has 0 bridgehead atoms. The SMILES string of the molecule is CCc1cc(N2CCCC2C(=O)NCCc2ccc3c(c2)OCO3)nc(-c2ncc[nH]2)n1. The fraction of sp³-hybridized carbons (Fsp3) is 0.391. The van der Waals surface area contributed by atoms with Crippen LogP contribution >= 0.6 is 0 Å². The zero-order valence-corrected chi connectivity index (χ0v) is 18.0. The molecular formula is C23H26N6O3. The summed E-state index contributed by atoms with van der Waals surface area (Å²) in [5.74, 6) is 3.52. The second kappa shape index (κ2) is 8.86. The molecule has 0 aliphatic carbocycles. The van der Waals surface area contributed by atoms with E-state index in [0.29, 0.717) is 18.2 Å². The average Bonchev–Trinajstić information content (AvgIpc) is 3.59. The molecule has 9 heteroatoms. The Morgan fingerprint density at radius 3 is 3.00 bits per heavy atom. The molecule has 0 spiro atoms. The van der Waals surface area contributed by atoms with Crippen LogP contribution in [-0.4, -0.2) is 51.8 Å². The number of amides is 1. The largest absolute Gasteiger partial charge is 0.454 e. The molecule has 2 aromatic heterocycles. The van der Waals surface area contributed by atoms with Gasteiger partial charge in [0.1, 0.15) is 11.9 Å². The molecule has 166 valence electrons. The third-order valence-electron chi connectivity index (χ3n) is 5.84. The predicted octanol–water partition coefficient (Wildman–Crippen LogP) is 2.49. The molecule has 2 N–H and O–H groups in total. The van der Waals surface area contributed by atoms with Crippen LogP contribution in [0.1, 0.15) is 31.0 Å². The summed E-state index contributed by atoms with van der Waals surface area (Å²) in [6.07, 6.45) is 6.69. The number of nitrogens with zero attached hydrogens (tertiary/aromatic N) is 4. The van der Waals surface area contributed by atoms with E-state index in [0.717, 1.165) is 60.8 Å². The van der Waals surface area contributed by atoms with Crippen LogP contribution in [0, 0.1) is 0 Å². The first-order valence-corrected chi connectivity index (χ1v) is 11.0. The van der Waals surface area contributed by atoms with Crippen molar-refractivity contribution in [3.8, 4) is 23.1 Å². The number of carbonyl (C=O) groups is 1. The summed E-state index contributed by atoms with van der Waals surface area (Å²) in [5.41, 5.74) is 2.03. The van der Waals surface area contributed by atoms with Crippen molar-refractivity contribution in [3.63, 3.8) is 0 Å². The van der Waals surface area contributed by atoms with E-state index in [9.17, 15) is 4.79 Å². The fourth-order valence-corrected chi connectivity index (χ4v) is 4.16. The van der Waals surface area contributed by atoms with Crippen LogP contribution in [0.2, 0.25) is 0 Å². The summed E-state index contributed by atoms with van der Waals surface area (Å²) >= 11 is 0. The van der Waals surface area contributed by atoms with Crippen molar-refractivity contribution in [1.29, 1.82) is 0 Å². The van der Waals surface area contributed by atoms with Gasteiger partial charge in [-0.05, 0) is 43.4 Å². The Morgan fingerprint density at radius 2 is 2.16 bits per heavy atom. The second-order valence-electron chi connectivity index (χ2n) is 7.91. The third-order valence-corrected chi connectivity index (χ3v) is 5.84. The van der Waals surface area contributed by atoms with Crippen molar-refractivity contribution in [1.82, 2.24) is 25.3 Å². The summed E-state index contributed by atoms with van der Waals surface area (Å²) in [6, 6.07) is 7.63. The Hall–Kier alpha value is -3.62. The minimum Gasteiger partial charge on any atom is -0.454 e. The number of aryl methyl sites for hydroxylation is 1. The summed E-state index contributed by atoms with van der Waals surface area (Å²) in [7, 11) is 0. The number of anilines is 1. The van der Waals surface area contributed by atoms with Gasteiger partial charge in [-0.1, -0.05) is 13.0 Å². The molecule has 32 heavy (non-hydrogen) atoms. The maximum Gasteiger partial charge on any atom is 0.242 e. The van der Waals surface area contributed by atoms with E-state index >= 15 is 0 Å². The van der Waals surface area contributed by atoms with Crippen molar-refractivity contribution in [3.05, 3.63) is 47.9 Å². The van der Waals surface area contributed by atoms with E-state index in [1.165, 1.54) is 0 Å². The molecule has 1 fully saturated rings. The Morgan fingerprint density at radius 1 is 1.25 bits per heavy atom. The van der Waals surface area contributed by atoms with Crippen LogP contribution in [0.25, 0.3) is 11.6 Å². The number of nitrogens with one attached hydrogen (secondary N) is 2. The summed E-state index contributed by atoms with van der Waals surface area (Å²) in [4.78, 5) is 31.8. The van der Waals surface area contributed by atoms with Gasteiger partial charge in [0, 0.05) is 37.2 Å². The van der Waals surface area contributed by atoms with Gasteiger partial charge in [0.2, 0.25) is 12.7 Å². The van der Waals surface area contributed by atoms with Gasteiger partial charge in [0.15, 0.2) is 23.1 Å². The molecule has 2 aliphatic heterocycles. The minimum atomic E-state index is -0.240. The normalized spacial score (nSPS) is 17.0. The first kappa shape index (κ1) is 20.3. The molecule has 5 rings (SSSR count). The van der Waals surface area contributed by atoms with Crippen LogP contribution in [0.4, 0.5) is 5.82 Å². The van der Waals surface area contributed by atoms with Gasteiger partial charge < -0.3 is 24.7 Å². The van der Waals surface area contributed by atoms with Gasteiger partial charge in [-0.15, -0.1) is 0 Å². The van der Waals surface area contributed by atoms with Crippen molar-refractivity contribution < 1.29 is 14.3 Å². The number of hydrogen-bond donors (Lipinski definition) is 2. The van der Waals surface area contributed by atoms with Crippen molar-refractivity contribution >= 4 is 11.7 Å². The van der Waals surface area contributed by atoms with Gasteiger partial charge in [-0.25, -0.2) is 15.0 Å². The van der Waals surface area contributed by atoms with Crippen molar-refractivity contribution in [2.24, 2.45) is 0 Å². The number of benzene rings is 1. The van der Waals surface area contributed by atoms with Crippen LogP contribution in [0.15, 0.2) is 36.7 Å². The van der Waals surface area contributed by atoms with Gasteiger partial charge in [0.05, 0.1) is 0 Å². The molecular weight excluding hydrogens is 408 g/mol. The van der Waals surface area contributed by atoms with E-state index in [1.54, 1.807) is 12.4 Å². The lowest BCUT2D eigenvalue weighted by Crippen LogP contribution is -2.44. The summed E-state index contributed by atoms with van der Waals surface area (Å²) in [6.45, 7) is 3.67. The highest BCUT2D eigenvalue weighted by Crippen LogP contribution is 2.32. The molecule has 9 nitrogen and oxygen atoms in total. The fourth-order valence-electron chi connectivity index (χ4n) is 4.16. The number of carbonyl (C=O) groups excluding carboxylic acids is 1. The standard InChI is InChI=1S/C23H26N6O3/c1-2-16-13-20(28-22(27-16)21-24-9-10-25-21)29-11-3-4-17(29)23(30)26-8-7-15-5-6-18-19(12-15)32-14-31-18/h5-6,9-10,12-13,17H,2-4,7-8,11,14H2,1H3,(H,24,25)(H,26,30). The first-order valence-electron chi connectivity index (χ1n) is 11.0. The second-order valence-corrected chi connectivity index (χ2v) is 7.91. The van der Waals surface area contributed by atoms with E-state index in [2.05, 4.69) is 32.1 Å². The Kier molecular flexibility index (Phi) is 5.62.